The van der Waals surface area contributed by atoms with Crippen molar-refractivity contribution >= 4 is 5.96 Å². The van der Waals surface area contributed by atoms with E-state index in [0.717, 1.165) is 11.3 Å². The average molecular weight is 392 g/mol. The number of aliphatic imine (C=N–C) groups is 1. The molecule has 0 amide bonds. The summed E-state index contributed by atoms with van der Waals surface area (Å²) in [5.41, 5.74) is 2.43. The van der Waals surface area contributed by atoms with Crippen molar-refractivity contribution in [3.8, 4) is 17.2 Å². The number of alkyl halides is 2. The highest BCUT2D eigenvalue weighted by Crippen LogP contribution is 2.39. The van der Waals surface area contributed by atoms with Crippen LogP contribution in [-0.2, 0) is 13.1 Å². The number of ether oxygens (including phenoxy) is 3. The maximum Gasteiger partial charge on any atom is 0.387 e. The highest BCUT2D eigenvalue weighted by atomic mass is 19.3. The van der Waals surface area contributed by atoms with Gasteiger partial charge < -0.3 is 24.8 Å². The van der Waals surface area contributed by atoms with Crippen LogP contribution in [0, 0.1) is 6.92 Å². The van der Waals surface area contributed by atoms with Crippen LogP contribution >= 0.6 is 0 Å². The number of fused-ring (bicyclic) bond motifs is 1. The molecular weight excluding hydrogens is 370 g/mol. The summed E-state index contributed by atoms with van der Waals surface area (Å²) < 4.78 is 40.7. The lowest BCUT2D eigenvalue weighted by molar-refractivity contribution is -0.0505. The van der Waals surface area contributed by atoms with Gasteiger partial charge >= 0.3 is 6.61 Å². The molecule has 150 valence electrons. The zero-order valence-corrected chi connectivity index (χ0v) is 15.7. The number of rotatable bonds is 7. The fourth-order valence-corrected chi connectivity index (χ4v) is 2.67. The van der Waals surface area contributed by atoms with Crippen molar-refractivity contribution in [3.05, 3.63) is 47.3 Å². The number of aryl methyl sites for hydroxylation is 1. The van der Waals surface area contributed by atoms with Crippen LogP contribution in [0.15, 0.2) is 35.5 Å². The third-order valence-electron chi connectivity index (χ3n) is 4.06. The second-order valence-electron chi connectivity index (χ2n) is 6.01. The Morgan fingerprint density at radius 3 is 2.79 bits per heavy atom. The van der Waals surface area contributed by atoms with E-state index in [1.54, 1.807) is 12.3 Å². The second-order valence-corrected chi connectivity index (χ2v) is 6.01. The number of hydrogen-bond acceptors (Lipinski definition) is 5. The van der Waals surface area contributed by atoms with Crippen LogP contribution in [-0.4, -0.2) is 30.9 Å². The topological polar surface area (TPSA) is 77.0 Å². The van der Waals surface area contributed by atoms with E-state index in [1.165, 1.54) is 6.07 Å². The molecule has 2 N–H and O–H groups in total. The van der Waals surface area contributed by atoms with Gasteiger partial charge in [-0.1, -0.05) is 6.07 Å². The van der Waals surface area contributed by atoms with Gasteiger partial charge in [-0.25, -0.2) is 4.99 Å². The molecule has 0 fully saturated rings. The maximum atomic E-state index is 12.8. The predicted octanol–water partition coefficient (Wildman–Crippen LogP) is 2.98. The van der Waals surface area contributed by atoms with Crippen LogP contribution in [0.2, 0.25) is 0 Å². The van der Waals surface area contributed by atoms with Crippen LogP contribution in [0.1, 0.15) is 23.7 Å². The Hall–Kier alpha value is -3.10. The maximum absolute atomic E-state index is 12.8. The molecule has 3 rings (SSSR count). The number of pyridine rings is 1. The number of benzene rings is 1. The highest BCUT2D eigenvalue weighted by molar-refractivity contribution is 5.79. The molecule has 0 aliphatic carbocycles. The van der Waals surface area contributed by atoms with Gasteiger partial charge in [-0.2, -0.15) is 8.78 Å². The Morgan fingerprint density at radius 2 is 2.07 bits per heavy atom. The average Bonchev–Trinajstić information content (AvgIpc) is 3.11. The van der Waals surface area contributed by atoms with Crippen LogP contribution < -0.4 is 24.8 Å². The molecule has 0 saturated heterocycles. The number of nitrogens with one attached hydrogen (secondary N) is 2. The van der Waals surface area contributed by atoms with Crippen LogP contribution in [0.25, 0.3) is 0 Å². The first-order valence-corrected chi connectivity index (χ1v) is 8.86. The van der Waals surface area contributed by atoms with Gasteiger partial charge in [0.15, 0.2) is 17.5 Å². The molecule has 0 unspecified atom stereocenters. The standard InChI is InChI=1S/C19H22F2N4O3/c1-3-22-19(25-10-14-12(2)5-4-6-23-14)24-9-13-7-16-17(27-11-26-16)8-15(13)28-18(20)21/h4-8,18H,3,9-11H2,1-2H3,(H2,22,24,25). The molecule has 0 atom stereocenters. The Labute approximate surface area is 161 Å². The van der Waals surface area contributed by atoms with E-state index in [4.69, 9.17) is 9.47 Å². The summed E-state index contributed by atoms with van der Waals surface area (Å²) in [5, 5.41) is 6.31. The zero-order valence-electron chi connectivity index (χ0n) is 15.7. The van der Waals surface area contributed by atoms with E-state index in [9.17, 15) is 8.78 Å². The van der Waals surface area contributed by atoms with Gasteiger partial charge in [0, 0.05) is 24.4 Å². The van der Waals surface area contributed by atoms with Crippen molar-refractivity contribution in [1.82, 2.24) is 15.6 Å². The summed E-state index contributed by atoms with van der Waals surface area (Å²) in [7, 11) is 0. The molecule has 2 heterocycles. The number of aromatic nitrogens is 1. The van der Waals surface area contributed by atoms with Gasteiger partial charge in [0.1, 0.15) is 5.75 Å². The Kier molecular flexibility index (Phi) is 6.46. The van der Waals surface area contributed by atoms with Gasteiger partial charge in [0.05, 0.1) is 18.8 Å². The van der Waals surface area contributed by atoms with Gasteiger partial charge in [0.25, 0.3) is 0 Å². The van der Waals surface area contributed by atoms with Crippen molar-refractivity contribution in [2.24, 2.45) is 4.99 Å². The van der Waals surface area contributed by atoms with Crippen molar-refractivity contribution in [2.45, 2.75) is 33.5 Å². The normalized spacial score (nSPS) is 13.0. The van der Waals surface area contributed by atoms with Crippen molar-refractivity contribution in [3.63, 3.8) is 0 Å². The summed E-state index contributed by atoms with van der Waals surface area (Å²) in [6.07, 6.45) is 1.73. The molecule has 0 bridgehead atoms. The number of guanidine groups is 1. The summed E-state index contributed by atoms with van der Waals surface area (Å²) in [6, 6.07) is 6.86. The molecule has 1 aliphatic rings. The number of hydrogen-bond donors (Lipinski definition) is 2. The lowest BCUT2D eigenvalue weighted by atomic mass is 10.1. The SMILES string of the molecule is CCNC(=NCc1cc2c(cc1OC(F)F)OCO2)NCc1ncccc1C. The molecule has 28 heavy (non-hydrogen) atoms. The Bertz CT molecular complexity index is 846. The van der Waals surface area contributed by atoms with E-state index in [1.807, 2.05) is 26.0 Å². The molecule has 7 nitrogen and oxygen atoms in total. The van der Waals surface area contributed by atoms with Crippen molar-refractivity contribution in [2.75, 3.05) is 13.3 Å². The van der Waals surface area contributed by atoms with Gasteiger partial charge in [-0.05, 0) is 31.5 Å². The largest absolute Gasteiger partial charge is 0.454 e. The first-order valence-electron chi connectivity index (χ1n) is 8.86. The van der Waals surface area contributed by atoms with Crippen LogP contribution in [0.4, 0.5) is 8.78 Å². The fourth-order valence-electron chi connectivity index (χ4n) is 2.67. The van der Waals surface area contributed by atoms with E-state index in [-0.39, 0.29) is 19.1 Å². The monoisotopic (exact) mass is 392 g/mol. The Balaban J connectivity index is 1.75. The summed E-state index contributed by atoms with van der Waals surface area (Å²) in [6.45, 7) is 2.28. The van der Waals surface area contributed by atoms with Gasteiger partial charge in [0.2, 0.25) is 6.79 Å². The van der Waals surface area contributed by atoms with Crippen molar-refractivity contribution in [1.29, 1.82) is 0 Å². The van der Waals surface area contributed by atoms with Crippen LogP contribution in [0.3, 0.4) is 0 Å². The molecule has 2 aromatic rings. The fraction of sp³-hybridized carbons (Fsp3) is 0.368. The smallest absolute Gasteiger partial charge is 0.387 e. The number of nitrogens with zero attached hydrogens (tertiary/aromatic N) is 2. The third-order valence-corrected chi connectivity index (χ3v) is 4.06. The molecule has 0 spiro atoms. The lowest BCUT2D eigenvalue weighted by Gasteiger charge is -2.14. The van der Waals surface area contributed by atoms with Crippen molar-refractivity contribution < 1.29 is 23.0 Å². The molecule has 0 saturated carbocycles. The Morgan fingerprint density at radius 1 is 1.29 bits per heavy atom. The van der Waals surface area contributed by atoms with E-state index in [2.05, 4.69) is 25.3 Å². The molecular formula is C19H22F2N4O3. The van der Waals surface area contributed by atoms with E-state index < -0.39 is 6.61 Å². The summed E-state index contributed by atoms with van der Waals surface area (Å²) >= 11 is 0. The van der Waals surface area contributed by atoms with Crippen LogP contribution in [0.5, 0.6) is 17.2 Å². The molecule has 1 aromatic heterocycles. The minimum Gasteiger partial charge on any atom is -0.454 e. The quantitative estimate of drug-likeness (QED) is 0.557. The highest BCUT2D eigenvalue weighted by Gasteiger charge is 2.20. The minimum absolute atomic E-state index is 0.0134. The van der Waals surface area contributed by atoms with Gasteiger partial charge in [-0.15, -0.1) is 0 Å². The zero-order chi connectivity index (χ0) is 19.9. The second kappa shape index (κ2) is 9.20. The van der Waals surface area contributed by atoms with E-state index >= 15 is 0 Å². The molecule has 9 heteroatoms. The molecule has 0 radical (unpaired) electrons. The number of halogens is 2. The third kappa shape index (κ3) is 4.99. The molecule has 1 aliphatic heterocycles. The summed E-state index contributed by atoms with van der Waals surface area (Å²) in [5.74, 6) is 1.40. The molecule has 1 aromatic carbocycles. The first-order chi connectivity index (χ1) is 13.6. The lowest BCUT2D eigenvalue weighted by Crippen LogP contribution is -2.37. The van der Waals surface area contributed by atoms with Gasteiger partial charge in [-0.3, -0.25) is 4.98 Å². The van der Waals surface area contributed by atoms with E-state index in [0.29, 0.717) is 36.1 Å². The predicted molar refractivity (Wildman–Crippen MR) is 99.8 cm³/mol. The summed E-state index contributed by atoms with van der Waals surface area (Å²) in [4.78, 5) is 8.80. The first kappa shape index (κ1) is 19.7. The minimum atomic E-state index is -2.94.